The van der Waals surface area contributed by atoms with Crippen LogP contribution in [0.2, 0.25) is 0 Å². The van der Waals surface area contributed by atoms with Gasteiger partial charge in [0.25, 0.3) is 0 Å². The summed E-state index contributed by atoms with van der Waals surface area (Å²) >= 11 is 0. The van der Waals surface area contributed by atoms with Gasteiger partial charge in [-0.1, -0.05) is 29.5 Å². The van der Waals surface area contributed by atoms with Gasteiger partial charge >= 0.3 is 18.1 Å². The molecule has 212 valence electrons. The molecule has 1 aliphatic heterocycles. The van der Waals surface area contributed by atoms with Gasteiger partial charge in [0.1, 0.15) is 11.4 Å². The molecule has 1 aromatic heterocycles. The number of carbonyl (C=O) groups is 2. The van der Waals surface area contributed by atoms with Crippen LogP contribution in [0.4, 0.5) is 13.2 Å². The van der Waals surface area contributed by atoms with Gasteiger partial charge in [-0.15, -0.1) is 5.10 Å². The molecule has 0 N–H and O–H groups in total. The summed E-state index contributed by atoms with van der Waals surface area (Å²) in [5, 5.41) is 8.54. The Morgan fingerprint density at radius 1 is 0.878 bits per heavy atom. The van der Waals surface area contributed by atoms with Gasteiger partial charge < -0.3 is 14.4 Å². The highest BCUT2D eigenvalue weighted by Gasteiger charge is 2.43. The molecular formula is C30H27F3N4O4. The maximum Gasteiger partial charge on any atom is 0.471 e. The third-order valence-corrected chi connectivity index (χ3v) is 7.22. The largest absolute Gasteiger partial charge is 0.497 e. The van der Waals surface area contributed by atoms with E-state index in [2.05, 4.69) is 10.3 Å². The van der Waals surface area contributed by atoms with E-state index in [0.29, 0.717) is 29.8 Å². The van der Waals surface area contributed by atoms with Crippen molar-refractivity contribution in [1.82, 2.24) is 19.9 Å². The highest BCUT2D eigenvalue weighted by molar-refractivity contribution is 5.92. The number of hydrogen-bond acceptors (Lipinski definition) is 6. The van der Waals surface area contributed by atoms with Crippen LogP contribution in [0.25, 0.3) is 28.1 Å². The molecule has 1 fully saturated rings. The van der Waals surface area contributed by atoms with Crippen LogP contribution in [-0.2, 0) is 9.53 Å². The molecule has 0 radical (unpaired) electrons. The van der Waals surface area contributed by atoms with Crippen LogP contribution in [0.3, 0.4) is 0 Å². The zero-order valence-corrected chi connectivity index (χ0v) is 22.4. The zero-order valence-electron chi connectivity index (χ0n) is 22.4. The minimum Gasteiger partial charge on any atom is -0.497 e. The highest BCUT2D eigenvalue weighted by atomic mass is 19.4. The van der Waals surface area contributed by atoms with E-state index < -0.39 is 18.1 Å². The Kier molecular flexibility index (Phi) is 7.78. The number of methoxy groups -OCH3 is 2. The molecule has 11 heteroatoms. The fourth-order valence-corrected chi connectivity index (χ4v) is 4.97. The lowest BCUT2D eigenvalue weighted by molar-refractivity contribution is -0.186. The molecule has 5 rings (SSSR count). The van der Waals surface area contributed by atoms with Crippen LogP contribution >= 0.6 is 0 Å². The van der Waals surface area contributed by atoms with E-state index >= 15 is 0 Å². The van der Waals surface area contributed by atoms with Crippen molar-refractivity contribution < 1.29 is 32.2 Å². The van der Waals surface area contributed by atoms with Crippen molar-refractivity contribution in [3.8, 4) is 33.8 Å². The third-order valence-electron chi connectivity index (χ3n) is 7.22. The van der Waals surface area contributed by atoms with E-state index in [1.54, 1.807) is 30.1 Å². The molecule has 2 heterocycles. The quantitative estimate of drug-likeness (QED) is 0.281. The lowest BCUT2D eigenvalue weighted by atomic mass is 9.88. The van der Waals surface area contributed by atoms with Crippen molar-refractivity contribution in [3.63, 3.8) is 0 Å². The summed E-state index contributed by atoms with van der Waals surface area (Å²) in [5.74, 6) is -1.51. The van der Waals surface area contributed by atoms with E-state index in [-0.39, 0.29) is 19.0 Å². The van der Waals surface area contributed by atoms with Crippen molar-refractivity contribution in [2.24, 2.45) is 0 Å². The van der Waals surface area contributed by atoms with Gasteiger partial charge in [-0.2, -0.15) is 13.2 Å². The molecule has 41 heavy (non-hydrogen) atoms. The number of likely N-dealkylation sites (tertiary alicyclic amines) is 1. The Balaban J connectivity index is 1.38. The summed E-state index contributed by atoms with van der Waals surface area (Å²) in [5.41, 5.74) is 5.02. The molecule has 0 bridgehead atoms. The van der Waals surface area contributed by atoms with Gasteiger partial charge in [-0.25, -0.2) is 9.48 Å². The number of alkyl halides is 3. The predicted octanol–water partition coefficient (Wildman–Crippen LogP) is 5.66. The van der Waals surface area contributed by atoms with Crippen molar-refractivity contribution in [3.05, 3.63) is 84.1 Å². The van der Waals surface area contributed by atoms with Crippen LogP contribution in [0.1, 0.15) is 34.7 Å². The van der Waals surface area contributed by atoms with Crippen LogP contribution in [0.15, 0.2) is 72.9 Å². The average molecular weight is 565 g/mol. The number of nitrogens with zero attached hydrogens (tertiary/aromatic N) is 4. The number of piperidine rings is 1. The summed E-state index contributed by atoms with van der Waals surface area (Å²) in [7, 11) is 2.91. The highest BCUT2D eigenvalue weighted by Crippen LogP contribution is 2.32. The molecule has 4 aromatic rings. The van der Waals surface area contributed by atoms with Crippen LogP contribution in [0.5, 0.6) is 5.75 Å². The number of carbonyl (C=O) groups excluding carboxylic acids is 2. The van der Waals surface area contributed by atoms with Crippen molar-refractivity contribution in [1.29, 1.82) is 0 Å². The van der Waals surface area contributed by atoms with E-state index in [4.69, 9.17) is 9.47 Å². The number of rotatable bonds is 6. The zero-order chi connectivity index (χ0) is 29.1. The number of hydrogen-bond donors (Lipinski definition) is 0. The van der Waals surface area contributed by atoms with Crippen LogP contribution < -0.4 is 4.74 Å². The maximum absolute atomic E-state index is 12.8. The van der Waals surface area contributed by atoms with Gasteiger partial charge in [0.2, 0.25) is 0 Å². The van der Waals surface area contributed by atoms with Crippen LogP contribution in [-0.4, -0.2) is 65.3 Å². The van der Waals surface area contributed by atoms with Gasteiger partial charge in [0.15, 0.2) is 0 Å². The molecule has 0 atom stereocenters. The fraction of sp³-hybridized carbons (Fsp3) is 0.267. The molecule has 8 nitrogen and oxygen atoms in total. The van der Waals surface area contributed by atoms with Crippen molar-refractivity contribution in [2.75, 3.05) is 27.3 Å². The molecule has 1 aliphatic rings. The lowest BCUT2D eigenvalue weighted by Crippen LogP contribution is -2.45. The summed E-state index contributed by atoms with van der Waals surface area (Å²) in [4.78, 5) is 24.9. The Labute approximate surface area is 234 Å². The molecule has 3 aromatic carbocycles. The Bertz CT molecular complexity index is 1540. The second-order valence-corrected chi connectivity index (χ2v) is 9.72. The van der Waals surface area contributed by atoms with Gasteiger partial charge in [0.05, 0.1) is 31.7 Å². The molecular weight excluding hydrogens is 537 g/mol. The molecule has 0 saturated carbocycles. The van der Waals surface area contributed by atoms with Gasteiger partial charge in [0, 0.05) is 18.7 Å². The maximum atomic E-state index is 12.8. The first-order valence-electron chi connectivity index (χ1n) is 12.9. The normalized spacial score (nSPS) is 14.1. The van der Waals surface area contributed by atoms with Crippen LogP contribution in [0, 0.1) is 0 Å². The SMILES string of the molecule is COC(=O)c1cc(-c2ccc(C3CCN(C(=O)C(F)(F)F)CC3)cc2)cc(-n2cc(-c3ccc(OC)cc3)nn2)c1. The predicted molar refractivity (Wildman–Crippen MR) is 145 cm³/mol. The number of amides is 1. The molecule has 1 amide bonds. The van der Waals surface area contributed by atoms with Crippen molar-refractivity contribution >= 4 is 11.9 Å². The summed E-state index contributed by atoms with van der Waals surface area (Å²) in [6.45, 7) is 0.122. The number of ether oxygens (including phenoxy) is 2. The Hall–Kier alpha value is -4.67. The fourth-order valence-electron chi connectivity index (χ4n) is 4.97. The van der Waals surface area contributed by atoms with E-state index in [9.17, 15) is 22.8 Å². The molecule has 0 spiro atoms. The molecule has 0 aliphatic carbocycles. The smallest absolute Gasteiger partial charge is 0.471 e. The number of benzene rings is 3. The summed E-state index contributed by atoms with van der Waals surface area (Å²) < 4.78 is 50.1. The van der Waals surface area contributed by atoms with Gasteiger partial charge in [-0.05, 0) is 77.9 Å². The van der Waals surface area contributed by atoms with E-state index in [0.717, 1.165) is 32.9 Å². The Morgan fingerprint density at radius 2 is 1.54 bits per heavy atom. The molecule has 1 saturated heterocycles. The van der Waals surface area contributed by atoms with Gasteiger partial charge in [-0.3, -0.25) is 4.79 Å². The monoisotopic (exact) mass is 564 g/mol. The topological polar surface area (TPSA) is 86.5 Å². The summed E-state index contributed by atoms with van der Waals surface area (Å²) in [6.07, 6.45) is -2.19. The average Bonchev–Trinajstić information content (AvgIpc) is 3.50. The minimum absolute atomic E-state index is 0.0461. The number of aromatic nitrogens is 3. The van der Waals surface area contributed by atoms with E-state index in [1.165, 1.54) is 7.11 Å². The first-order chi connectivity index (χ1) is 19.7. The summed E-state index contributed by atoms with van der Waals surface area (Å²) in [6, 6.07) is 20.4. The second-order valence-electron chi connectivity index (χ2n) is 9.72. The first-order valence-corrected chi connectivity index (χ1v) is 12.9. The molecule has 0 unspecified atom stereocenters. The Morgan fingerprint density at radius 3 is 2.15 bits per heavy atom. The third kappa shape index (κ3) is 6.08. The second kappa shape index (κ2) is 11.4. The number of esters is 1. The lowest BCUT2D eigenvalue weighted by Gasteiger charge is -2.32. The standard InChI is InChI=1S/C30H27F3N4O4/c1-40-26-9-7-22(8-10-26)27-18-37(35-34-27)25-16-23(15-24(17-25)28(38)41-2)20-5-3-19(4-6-20)21-11-13-36(14-12-21)29(39)30(31,32)33/h3-10,15-18,21H,11-14H2,1-2H3. The number of halogens is 3. The first kappa shape index (κ1) is 27.9. The minimum atomic E-state index is -4.85. The van der Waals surface area contributed by atoms with E-state index in [1.807, 2.05) is 54.6 Å². The van der Waals surface area contributed by atoms with Crippen molar-refractivity contribution in [2.45, 2.75) is 24.9 Å².